The lowest BCUT2D eigenvalue weighted by atomic mass is 10.0. The Balaban J connectivity index is 1.92. The predicted molar refractivity (Wildman–Crippen MR) is 93.0 cm³/mol. The molecule has 0 radical (unpaired) electrons. The average molecular weight is 343 g/mol. The van der Waals surface area contributed by atoms with Gasteiger partial charge in [-0.15, -0.1) is 0 Å². The Morgan fingerprint density at radius 2 is 2.04 bits per heavy atom. The first-order valence-electron chi connectivity index (χ1n) is 8.45. The molecule has 0 saturated carbocycles. The van der Waals surface area contributed by atoms with E-state index in [2.05, 4.69) is 27.7 Å². The van der Waals surface area contributed by atoms with Gasteiger partial charge in [0.15, 0.2) is 0 Å². The SMILES string of the molecule is Cc1cc(C)n(C[C@H]2CCCCN2CCCS(=O)(=O)N(C)C)n1. The molecule has 0 aliphatic carbocycles. The molecule has 2 rings (SSSR count). The molecular weight excluding hydrogens is 312 g/mol. The Kier molecular flexibility index (Phi) is 6.22. The van der Waals surface area contributed by atoms with E-state index < -0.39 is 10.0 Å². The lowest BCUT2D eigenvalue weighted by molar-refractivity contribution is 0.129. The minimum atomic E-state index is -3.09. The van der Waals surface area contributed by atoms with E-state index in [0.29, 0.717) is 12.5 Å². The number of piperidine rings is 1. The highest BCUT2D eigenvalue weighted by atomic mass is 32.2. The predicted octanol–water partition coefficient (Wildman–Crippen LogP) is 1.64. The normalized spacial score (nSPS) is 20.3. The van der Waals surface area contributed by atoms with Crippen molar-refractivity contribution < 1.29 is 8.42 Å². The molecule has 0 N–H and O–H groups in total. The van der Waals surface area contributed by atoms with Crippen molar-refractivity contribution in [3.8, 4) is 0 Å². The minimum absolute atomic E-state index is 0.225. The van der Waals surface area contributed by atoms with Gasteiger partial charge >= 0.3 is 0 Å². The summed E-state index contributed by atoms with van der Waals surface area (Å²) < 4.78 is 27.2. The Hall–Kier alpha value is -0.920. The largest absolute Gasteiger partial charge is 0.299 e. The molecule has 6 nitrogen and oxygen atoms in total. The van der Waals surface area contributed by atoms with Crippen LogP contribution in [-0.4, -0.2) is 66.4 Å². The molecule has 7 heteroatoms. The van der Waals surface area contributed by atoms with Gasteiger partial charge < -0.3 is 0 Å². The van der Waals surface area contributed by atoms with E-state index in [0.717, 1.165) is 25.3 Å². The molecule has 1 saturated heterocycles. The molecule has 0 amide bonds. The van der Waals surface area contributed by atoms with Gasteiger partial charge in [0.1, 0.15) is 0 Å². The van der Waals surface area contributed by atoms with Crippen molar-refractivity contribution in [2.24, 2.45) is 0 Å². The fourth-order valence-electron chi connectivity index (χ4n) is 3.25. The average Bonchev–Trinajstić information content (AvgIpc) is 2.78. The summed E-state index contributed by atoms with van der Waals surface area (Å²) in [5.41, 5.74) is 2.25. The number of aryl methyl sites for hydroxylation is 2. The maximum absolute atomic E-state index is 11.9. The zero-order valence-corrected chi connectivity index (χ0v) is 15.6. The van der Waals surface area contributed by atoms with E-state index in [9.17, 15) is 8.42 Å². The minimum Gasteiger partial charge on any atom is -0.299 e. The number of nitrogens with zero attached hydrogens (tertiary/aromatic N) is 4. The van der Waals surface area contributed by atoms with Crippen molar-refractivity contribution in [2.75, 3.05) is 32.9 Å². The number of aromatic nitrogens is 2. The summed E-state index contributed by atoms with van der Waals surface area (Å²) >= 11 is 0. The highest BCUT2D eigenvalue weighted by molar-refractivity contribution is 7.89. The van der Waals surface area contributed by atoms with E-state index in [1.54, 1.807) is 14.1 Å². The summed E-state index contributed by atoms with van der Waals surface area (Å²) in [7, 11) is 0.108. The fourth-order valence-corrected chi connectivity index (χ4v) is 4.11. The topological polar surface area (TPSA) is 58.4 Å². The van der Waals surface area contributed by atoms with Gasteiger partial charge in [0.05, 0.1) is 18.0 Å². The monoisotopic (exact) mass is 342 g/mol. The second-order valence-corrected chi connectivity index (χ2v) is 9.05. The van der Waals surface area contributed by atoms with Gasteiger partial charge in [-0.25, -0.2) is 12.7 Å². The summed E-state index contributed by atoms with van der Waals surface area (Å²) in [6.45, 7) is 6.92. The van der Waals surface area contributed by atoms with Gasteiger partial charge in [0, 0.05) is 25.8 Å². The Morgan fingerprint density at radius 1 is 1.30 bits per heavy atom. The summed E-state index contributed by atoms with van der Waals surface area (Å²) in [5.74, 6) is 0.225. The quantitative estimate of drug-likeness (QED) is 0.756. The number of likely N-dealkylation sites (tertiary alicyclic amines) is 1. The number of hydrogen-bond acceptors (Lipinski definition) is 4. The van der Waals surface area contributed by atoms with Crippen LogP contribution in [0.15, 0.2) is 6.07 Å². The summed E-state index contributed by atoms with van der Waals surface area (Å²) in [5, 5.41) is 4.57. The molecule has 23 heavy (non-hydrogen) atoms. The maximum Gasteiger partial charge on any atom is 0.213 e. The maximum atomic E-state index is 11.9. The first-order valence-corrected chi connectivity index (χ1v) is 10.1. The molecule has 0 bridgehead atoms. The third kappa shape index (κ3) is 5.02. The van der Waals surface area contributed by atoms with E-state index >= 15 is 0 Å². The van der Waals surface area contributed by atoms with Gasteiger partial charge in [0.2, 0.25) is 10.0 Å². The van der Waals surface area contributed by atoms with Gasteiger partial charge in [0.25, 0.3) is 0 Å². The van der Waals surface area contributed by atoms with Crippen molar-refractivity contribution in [1.82, 2.24) is 19.0 Å². The summed E-state index contributed by atoms with van der Waals surface area (Å²) in [4.78, 5) is 2.45. The van der Waals surface area contributed by atoms with Crippen molar-refractivity contribution in [3.05, 3.63) is 17.5 Å². The van der Waals surface area contributed by atoms with Gasteiger partial charge in [-0.1, -0.05) is 6.42 Å². The van der Waals surface area contributed by atoms with Crippen LogP contribution in [0.2, 0.25) is 0 Å². The third-order valence-corrected chi connectivity index (χ3v) is 6.56. The van der Waals surface area contributed by atoms with E-state index in [-0.39, 0.29) is 5.75 Å². The smallest absolute Gasteiger partial charge is 0.213 e. The molecule has 1 aliphatic heterocycles. The second kappa shape index (κ2) is 7.77. The number of sulfonamides is 1. The molecule has 1 fully saturated rings. The van der Waals surface area contributed by atoms with Crippen molar-refractivity contribution in [3.63, 3.8) is 0 Å². The Bertz CT molecular complexity index is 610. The number of hydrogen-bond donors (Lipinski definition) is 0. The molecule has 1 aromatic heterocycles. The number of rotatable bonds is 7. The lowest BCUT2D eigenvalue weighted by Gasteiger charge is -2.36. The molecule has 1 aliphatic rings. The molecule has 132 valence electrons. The molecule has 0 spiro atoms. The molecule has 2 heterocycles. The standard InChI is InChI=1S/C16H30N4O2S/c1-14-12-15(2)20(17-14)13-16-8-5-6-9-19(16)10-7-11-23(21,22)18(3)4/h12,16H,5-11,13H2,1-4H3/t16-/m1/s1. The summed E-state index contributed by atoms with van der Waals surface area (Å²) in [6.07, 6.45) is 4.30. The van der Waals surface area contributed by atoms with Crippen LogP contribution in [0.4, 0.5) is 0 Å². The molecule has 1 aromatic rings. The third-order valence-electron chi connectivity index (χ3n) is 4.64. The lowest BCUT2D eigenvalue weighted by Crippen LogP contribution is -2.43. The molecule has 1 atom stereocenters. The van der Waals surface area contributed by atoms with Crippen LogP contribution in [0.5, 0.6) is 0 Å². The van der Waals surface area contributed by atoms with Crippen LogP contribution in [0.1, 0.15) is 37.1 Å². The van der Waals surface area contributed by atoms with Crippen molar-refractivity contribution in [1.29, 1.82) is 0 Å². The molecule has 0 aromatic carbocycles. The summed E-state index contributed by atoms with van der Waals surface area (Å²) in [6, 6.07) is 2.57. The molecular formula is C16H30N4O2S. The van der Waals surface area contributed by atoms with Gasteiger partial charge in [-0.05, 0) is 52.3 Å². The van der Waals surface area contributed by atoms with Crippen LogP contribution in [-0.2, 0) is 16.6 Å². The van der Waals surface area contributed by atoms with E-state index in [4.69, 9.17) is 0 Å². The van der Waals surface area contributed by atoms with Crippen LogP contribution >= 0.6 is 0 Å². The van der Waals surface area contributed by atoms with Gasteiger partial charge in [-0.2, -0.15) is 5.10 Å². The Labute approximate surface area is 140 Å². The van der Waals surface area contributed by atoms with E-state index in [1.165, 1.54) is 29.3 Å². The van der Waals surface area contributed by atoms with Gasteiger partial charge in [-0.3, -0.25) is 9.58 Å². The first kappa shape index (κ1) is 18.4. The van der Waals surface area contributed by atoms with Crippen LogP contribution in [0.3, 0.4) is 0 Å². The van der Waals surface area contributed by atoms with Crippen molar-refractivity contribution in [2.45, 2.75) is 52.1 Å². The van der Waals surface area contributed by atoms with Crippen LogP contribution in [0.25, 0.3) is 0 Å². The zero-order chi connectivity index (χ0) is 17.0. The fraction of sp³-hybridized carbons (Fsp3) is 0.812. The van der Waals surface area contributed by atoms with Crippen LogP contribution in [0, 0.1) is 13.8 Å². The molecule has 0 unspecified atom stereocenters. The van der Waals surface area contributed by atoms with Crippen LogP contribution < -0.4 is 0 Å². The van der Waals surface area contributed by atoms with E-state index in [1.807, 2.05) is 6.92 Å². The zero-order valence-electron chi connectivity index (χ0n) is 14.8. The van der Waals surface area contributed by atoms with Crippen molar-refractivity contribution >= 4 is 10.0 Å². The second-order valence-electron chi connectivity index (χ2n) is 6.75. The first-order chi connectivity index (χ1) is 10.8. The highest BCUT2D eigenvalue weighted by Gasteiger charge is 2.24. The highest BCUT2D eigenvalue weighted by Crippen LogP contribution is 2.19. The Morgan fingerprint density at radius 3 is 2.65 bits per heavy atom.